The van der Waals surface area contributed by atoms with Crippen LogP contribution in [0.15, 0.2) is 59.6 Å². The van der Waals surface area contributed by atoms with E-state index in [-0.39, 0.29) is 0 Å². The van der Waals surface area contributed by atoms with Crippen LogP contribution in [0.25, 0.3) is 22.0 Å². The van der Waals surface area contributed by atoms with Crippen LogP contribution in [0.2, 0.25) is 5.02 Å². The lowest BCUT2D eigenvalue weighted by molar-refractivity contribution is 0.221. The number of aryl methyl sites for hydroxylation is 2. The Morgan fingerprint density at radius 2 is 1.77 bits per heavy atom. The third kappa shape index (κ3) is 6.29. The summed E-state index contributed by atoms with van der Waals surface area (Å²) in [4.78, 5) is 17.3. The predicted octanol–water partition coefficient (Wildman–Crippen LogP) is 6.89. The molecule has 0 amide bonds. The van der Waals surface area contributed by atoms with Gasteiger partial charge in [-0.15, -0.1) is 0 Å². The Kier molecular flexibility index (Phi) is 8.98. The summed E-state index contributed by atoms with van der Waals surface area (Å²) in [5.74, 6) is 1.26. The maximum Gasteiger partial charge on any atom is 0.223 e. The molecule has 1 aliphatic rings. The molecule has 210 valence electrons. The van der Waals surface area contributed by atoms with E-state index in [1.54, 1.807) is 12.1 Å². The fourth-order valence-electron chi connectivity index (χ4n) is 5.47. The summed E-state index contributed by atoms with van der Waals surface area (Å²) in [6.45, 7) is 4.24. The second-order valence-corrected chi connectivity index (χ2v) is 12.2. The Labute approximate surface area is 244 Å². The number of nitrogens with zero attached hydrogens (tertiary/aromatic N) is 4. The van der Waals surface area contributed by atoms with E-state index in [1.165, 1.54) is 18.4 Å². The van der Waals surface area contributed by atoms with E-state index in [4.69, 9.17) is 21.6 Å². The van der Waals surface area contributed by atoms with Gasteiger partial charge in [0.2, 0.25) is 5.95 Å². The molecule has 1 atom stereocenters. The molecule has 0 radical (unpaired) electrons. The SMILES string of the molecule is CCc1nc(NS(=O)c2ccccc2Cl)ccc1-c1cc(CC)c2nc(NC3CCC(N(C)C)CC3)ncc2c1. The molecule has 2 aromatic heterocycles. The molecule has 1 saturated carbocycles. The molecule has 1 aliphatic carbocycles. The minimum absolute atomic E-state index is 0.413. The lowest BCUT2D eigenvalue weighted by Gasteiger charge is -2.33. The van der Waals surface area contributed by atoms with Gasteiger partial charge in [0, 0.05) is 29.2 Å². The molecule has 7 nitrogen and oxygen atoms in total. The summed E-state index contributed by atoms with van der Waals surface area (Å²) in [5, 5.41) is 5.07. The van der Waals surface area contributed by atoms with Gasteiger partial charge in [-0.25, -0.2) is 19.2 Å². The Bertz CT molecular complexity index is 1520. The van der Waals surface area contributed by atoms with Gasteiger partial charge < -0.3 is 10.2 Å². The second-order valence-electron chi connectivity index (χ2n) is 10.6. The van der Waals surface area contributed by atoms with Crippen LogP contribution in [0.1, 0.15) is 50.8 Å². The van der Waals surface area contributed by atoms with Crippen LogP contribution < -0.4 is 10.0 Å². The Hall–Kier alpha value is -3.07. The topological polar surface area (TPSA) is 83.0 Å². The molecule has 0 spiro atoms. The molecule has 9 heteroatoms. The van der Waals surface area contributed by atoms with Gasteiger partial charge in [0.15, 0.2) is 11.0 Å². The number of benzene rings is 2. The zero-order chi connectivity index (χ0) is 28.2. The number of fused-ring (bicyclic) bond motifs is 1. The fraction of sp³-hybridized carbons (Fsp3) is 0.387. The largest absolute Gasteiger partial charge is 0.351 e. The number of pyridine rings is 1. The van der Waals surface area contributed by atoms with Crippen molar-refractivity contribution in [2.24, 2.45) is 0 Å². The van der Waals surface area contributed by atoms with Gasteiger partial charge >= 0.3 is 0 Å². The van der Waals surface area contributed by atoms with E-state index in [2.05, 4.69) is 60.0 Å². The van der Waals surface area contributed by atoms with Gasteiger partial charge in [-0.1, -0.05) is 37.6 Å². The molecule has 4 aromatic rings. The van der Waals surface area contributed by atoms with Gasteiger partial charge in [0.1, 0.15) is 5.82 Å². The van der Waals surface area contributed by atoms with Crippen LogP contribution >= 0.6 is 11.6 Å². The van der Waals surface area contributed by atoms with Crippen molar-refractivity contribution in [1.29, 1.82) is 0 Å². The van der Waals surface area contributed by atoms with Gasteiger partial charge in [-0.05, 0) is 100 Å². The molecule has 5 rings (SSSR count). The monoisotopic (exact) mass is 576 g/mol. The number of anilines is 2. The highest BCUT2D eigenvalue weighted by Crippen LogP contribution is 2.31. The molecule has 40 heavy (non-hydrogen) atoms. The van der Waals surface area contributed by atoms with E-state index in [0.717, 1.165) is 53.4 Å². The van der Waals surface area contributed by atoms with Gasteiger partial charge in [0.05, 0.1) is 21.1 Å². The van der Waals surface area contributed by atoms with E-state index >= 15 is 0 Å². The summed E-state index contributed by atoms with van der Waals surface area (Å²) in [6.07, 6.45) is 8.18. The number of nitrogens with one attached hydrogen (secondary N) is 2. The van der Waals surface area contributed by atoms with Crippen LogP contribution in [0.5, 0.6) is 0 Å². The number of halogens is 1. The molecule has 1 fully saturated rings. The van der Waals surface area contributed by atoms with Crippen molar-refractivity contribution in [2.75, 3.05) is 24.1 Å². The number of rotatable bonds is 9. The summed E-state index contributed by atoms with van der Waals surface area (Å²) in [6, 6.07) is 16.5. The average molecular weight is 577 g/mol. The third-order valence-corrected chi connectivity index (χ3v) is 9.35. The molecule has 0 bridgehead atoms. The van der Waals surface area contributed by atoms with Crippen molar-refractivity contribution in [3.63, 3.8) is 0 Å². The highest BCUT2D eigenvalue weighted by molar-refractivity contribution is 7.86. The third-order valence-electron chi connectivity index (χ3n) is 7.76. The quantitative estimate of drug-likeness (QED) is 0.226. The van der Waals surface area contributed by atoms with Crippen molar-refractivity contribution in [2.45, 2.75) is 69.4 Å². The van der Waals surface area contributed by atoms with Crippen LogP contribution in [-0.2, 0) is 23.8 Å². The molecule has 2 N–H and O–H groups in total. The first-order valence-electron chi connectivity index (χ1n) is 14.0. The molecule has 1 unspecified atom stereocenters. The van der Waals surface area contributed by atoms with Crippen molar-refractivity contribution in [3.05, 3.63) is 71.0 Å². The predicted molar refractivity (Wildman–Crippen MR) is 166 cm³/mol. The van der Waals surface area contributed by atoms with Crippen molar-refractivity contribution >= 4 is 45.3 Å². The smallest absolute Gasteiger partial charge is 0.223 e. The molecule has 2 heterocycles. The Morgan fingerprint density at radius 3 is 2.48 bits per heavy atom. The molecular weight excluding hydrogens is 540 g/mol. The van der Waals surface area contributed by atoms with E-state index in [1.807, 2.05) is 30.5 Å². The normalized spacial score (nSPS) is 18.1. The van der Waals surface area contributed by atoms with Gasteiger partial charge in [-0.3, -0.25) is 4.72 Å². The standard InChI is InChI=1S/C31H37ClN6OS/c1-5-20-17-21(18-22-19-33-31(36-30(20)22)34-23-11-13-24(14-12-23)38(3)4)25-15-16-29(35-27(25)6-2)37-40(39)28-10-8-7-9-26(28)32/h7-10,15-19,23-24H,5-6,11-14H2,1-4H3,(H,35,37)(H,33,34,36). The summed E-state index contributed by atoms with van der Waals surface area (Å²) in [7, 11) is 2.83. The van der Waals surface area contributed by atoms with E-state index < -0.39 is 11.0 Å². The first-order valence-corrected chi connectivity index (χ1v) is 15.5. The Morgan fingerprint density at radius 1 is 1.00 bits per heavy atom. The van der Waals surface area contributed by atoms with Crippen LogP contribution in [-0.4, -0.2) is 50.2 Å². The van der Waals surface area contributed by atoms with Gasteiger partial charge in [-0.2, -0.15) is 0 Å². The summed E-state index contributed by atoms with van der Waals surface area (Å²) < 4.78 is 15.9. The van der Waals surface area contributed by atoms with Gasteiger partial charge in [0.25, 0.3) is 0 Å². The first-order chi connectivity index (χ1) is 19.4. The van der Waals surface area contributed by atoms with Crippen LogP contribution in [0.3, 0.4) is 0 Å². The lowest BCUT2D eigenvalue weighted by Crippen LogP contribution is -2.36. The molecule has 0 saturated heterocycles. The minimum Gasteiger partial charge on any atom is -0.351 e. The van der Waals surface area contributed by atoms with Crippen molar-refractivity contribution in [3.8, 4) is 11.1 Å². The minimum atomic E-state index is -1.51. The number of aromatic nitrogens is 3. The lowest BCUT2D eigenvalue weighted by atomic mass is 9.90. The fourth-order valence-corrected chi connectivity index (χ4v) is 6.68. The second kappa shape index (κ2) is 12.6. The molecule has 2 aromatic carbocycles. The van der Waals surface area contributed by atoms with Crippen molar-refractivity contribution in [1.82, 2.24) is 19.9 Å². The highest BCUT2D eigenvalue weighted by atomic mass is 35.5. The summed E-state index contributed by atoms with van der Waals surface area (Å²) in [5.41, 5.74) is 5.23. The molecule has 0 aliphatic heterocycles. The van der Waals surface area contributed by atoms with Crippen LogP contribution in [0, 0.1) is 0 Å². The molecular formula is C31H37ClN6OS. The van der Waals surface area contributed by atoms with E-state index in [9.17, 15) is 4.21 Å². The maximum absolute atomic E-state index is 12.9. The maximum atomic E-state index is 12.9. The Balaban J connectivity index is 1.38. The summed E-state index contributed by atoms with van der Waals surface area (Å²) >= 11 is 6.23. The zero-order valence-electron chi connectivity index (χ0n) is 23.6. The van der Waals surface area contributed by atoms with E-state index in [0.29, 0.717) is 33.8 Å². The number of hydrogen-bond donors (Lipinski definition) is 2. The zero-order valence-corrected chi connectivity index (χ0v) is 25.1. The van der Waals surface area contributed by atoms with Crippen molar-refractivity contribution < 1.29 is 4.21 Å². The highest BCUT2D eigenvalue weighted by Gasteiger charge is 2.23. The number of hydrogen-bond acceptors (Lipinski definition) is 6. The average Bonchev–Trinajstić information content (AvgIpc) is 2.97. The van der Waals surface area contributed by atoms with Crippen LogP contribution in [0.4, 0.5) is 11.8 Å². The first kappa shape index (κ1) is 28.5.